The summed E-state index contributed by atoms with van der Waals surface area (Å²) in [6.45, 7) is 2.29. The van der Waals surface area contributed by atoms with Crippen molar-refractivity contribution < 1.29 is 4.79 Å². The van der Waals surface area contributed by atoms with E-state index < -0.39 is 0 Å². The van der Waals surface area contributed by atoms with Crippen LogP contribution in [0.4, 0.5) is 0 Å². The largest absolute Gasteiger partial charge is 0.370 e. The summed E-state index contributed by atoms with van der Waals surface area (Å²) in [4.78, 5) is 10.6. The van der Waals surface area contributed by atoms with Crippen molar-refractivity contribution in [2.45, 2.75) is 148 Å². The maximum absolute atomic E-state index is 10.6. The van der Waals surface area contributed by atoms with Crippen molar-refractivity contribution in [3.05, 3.63) is 12.2 Å². The summed E-state index contributed by atoms with van der Waals surface area (Å²) in [5, 5.41) is 0. The van der Waals surface area contributed by atoms with Gasteiger partial charge in [0.2, 0.25) is 5.91 Å². The highest BCUT2D eigenvalue weighted by molar-refractivity contribution is 5.73. The molecule has 2 heteroatoms. The van der Waals surface area contributed by atoms with E-state index in [2.05, 4.69) is 19.1 Å². The molecule has 0 fully saturated rings. The van der Waals surface area contributed by atoms with Crippen molar-refractivity contribution in [3.63, 3.8) is 0 Å². The maximum Gasteiger partial charge on any atom is 0.217 e. The Morgan fingerprint density at radius 2 is 0.857 bits per heavy atom. The highest BCUT2D eigenvalue weighted by Gasteiger charge is 1.96. The van der Waals surface area contributed by atoms with Crippen molar-refractivity contribution in [2.75, 3.05) is 0 Å². The number of rotatable bonds is 23. The molecule has 0 aliphatic rings. The van der Waals surface area contributed by atoms with Crippen molar-refractivity contribution in [1.82, 2.24) is 0 Å². The average Bonchev–Trinajstić information content (AvgIpc) is 2.68. The van der Waals surface area contributed by atoms with Crippen LogP contribution in [0.3, 0.4) is 0 Å². The van der Waals surface area contributed by atoms with Crippen molar-refractivity contribution in [2.24, 2.45) is 5.73 Å². The number of unbranched alkanes of at least 4 members (excludes halogenated alkanes) is 19. The molecular formula is C26H51NO. The van der Waals surface area contributed by atoms with Gasteiger partial charge in [0.05, 0.1) is 0 Å². The van der Waals surface area contributed by atoms with Crippen molar-refractivity contribution in [3.8, 4) is 0 Å². The molecule has 166 valence electrons. The lowest BCUT2D eigenvalue weighted by Crippen LogP contribution is -2.09. The van der Waals surface area contributed by atoms with Crippen LogP contribution in [0.1, 0.15) is 148 Å². The van der Waals surface area contributed by atoms with Crippen LogP contribution in [0.25, 0.3) is 0 Å². The third-order valence-electron chi connectivity index (χ3n) is 5.68. The van der Waals surface area contributed by atoms with E-state index in [0.29, 0.717) is 6.42 Å². The van der Waals surface area contributed by atoms with E-state index in [0.717, 1.165) is 12.8 Å². The van der Waals surface area contributed by atoms with E-state index in [-0.39, 0.29) is 5.91 Å². The number of amides is 1. The van der Waals surface area contributed by atoms with Crippen LogP contribution >= 0.6 is 0 Å². The highest BCUT2D eigenvalue weighted by Crippen LogP contribution is 2.13. The summed E-state index contributed by atoms with van der Waals surface area (Å²) in [5.74, 6) is -0.154. The third-order valence-corrected chi connectivity index (χ3v) is 5.68. The summed E-state index contributed by atoms with van der Waals surface area (Å²) in [6.07, 6.45) is 33.8. The number of allylic oxidation sites excluding steroid dienone is 2. The van der Waals surface area contributed by atoms with Gasteiger partial charge in [0.1, 0.15) is 0 Å². The molecule has 1 amide bonds. The van der Waals surface area contributed by atoms with Crippen LogP contribution < -0.4 is 5.73 Å². The van der Waals surface area contributed by atoms with E-state index in [1.165, 1.54) is 122 Å². The van der Waals surface area contributed by atoms with Gasteiger partial charge in [0.15, 0.2) is 0 Å². The fourth-order valence-corrected chi connectivity index (χ4v) is 3.78. The number of primary amides is 1. The second kappa shape index (κ2) is 24.2. The van der Waals surface area contributed by atoms with Crippen LogP contribution in [0.2, 0.25) is 0 Å². The van der Waals surface area contributed by atoms with Gasteiger partial charge in [-0.05, 0) is 32.1 Å². The van der Waals surface area contributed by atoms with Gasteiger partial charge < -0.3 is 5.73 Å². The van der Waals surface area contributed by atoms with Gasteiger partial charge in [0.25, 0.3) is 0 Å². The molecule has 0 radical (unpaired) electrons. The lowest BCUT2D eigenvalue weighted by Gasteiger charge is -2.02. The summed E-state index contributed by atoms with van der Waals surface area (Å²) in [7, 11) is 0. The third kappa shape index (κ3) is 25.2. The SMILES string of the molecule is CCCCCCCCCC/C=C\CCCCCCCCCCCCCC(N)=O. The van der Waals surface area contributed by atoms with Gasteiger partial charge in [-0.25, -0.2) is 0 Å². The van der Waals surface area contributed by atoms with Gasteiger partial charge in [-0.3, -0.25) is 4.79 Å². The number of hydrogen-bond acceptors (Lipinski definition) is 1. The molecule has 0 saturated carbocycles. The normalized spacial score (nSPS) is 11.5. The number of nitrogens with two attached hydrogens (primary N) is 1. The summed E-state index contributed by atoms with van der Waals surface area (Å²) in [6, 6.07) is 0. The van der Waals surface area contributed by atoms with Gasteiger partial charge in [-0.1, -0.05) is 122 Å². The van der Waals surface area contributed by atoms with Crippen LogP contribution in [0.5, 0.6) is 0 Å². The molecule has 0 aliphatic heterocycles. The Bertz CT molecular complexity index is 337. The minimum Gasteiger partial charge on any atom is -0.370 e. The molecule has 0 aromatic carbocycles. The molecule has 0 bridgehead atoms. The zero-order valence-electron chi connectivity index (χ0n) is 19.2. The van der Waals surface area contributed by atoms with Crippen molar-refractivity contribution in [1.29, 1.82) is 0 Å². The standard InChI is InChI=1S/C26H51NO/c1-2-3-4-5-6-7-8-9-10-11-12-13-14-15-16-17-18-19-20-21-22-23-24-25-26(27)28/h11-12H,2-10,13-25H2,1H3,(H2,27,28)/b12-11-. The predicted octanol–water partition coefficient (Wildman–Crippen LogP) is 8.63. The Balaban J connectivity index is 3.07. The van der Waals surface area contributed by atoms with Gasteiger partial charge in [0, 0.05) is 6.42 Å². The fraction of sp³-hybridized carbons (Fsp3) is 0.885. The Hall–Kier alpha value is -0.790. The zero-order chi connectivity index (χ0) is 20.5. The first-order valence-corrected chi connectivity index (χ1v) is 12.7. The number of hydrogen-bond donors (Lipinski definition) is 1. The predicted molar refractivity (Wildman–Crippen MR) is 126 cm³/mol. The highest BCUT2D eigenvalue weighted by atomic mass is 16.1. The average molecular weight is 394 g/mol. The quantitative estimate of drug-likeness (QED) is 0.137. The van der Waals surface area contributed by atoms with E-state index in [1.54, 1.807) is 0 Å². The van der Waals surface area contributed by atoms with Gasteiger partial charge >= 0.3 is 0 Å². The molecule has 0 aromatic heterocycles. The van der Waals surface area contributed by atoms with E-state index in [1.807, 2.05) is 0 Å². The van der Waals surface area contributed by atoms with E-state index >= 15 is 0 Å². The first-order chi connectivity index (χ1) is 13.8. The number of carbonyl (C=O) groups excluding carboxylic acids is 1. The molecule has 0 aromatic rings. The van der Waals surface area contributed by atoms with Crippen molar-refractivity contribution >= 4 is 5.91 Å². The zero-order valence-corrected chi connectivity index (χ0v) is 19.2. The lowest BCUT2D eigenvalue weighted by atomic mass is 10.0. The van der Waals surface area contributed by atoms with E-state index in [9.17, 15) is 4.79 Å². The first kappa shape index (κ1) is 27.2. The summed E-state index contributed by atoms with van der Waals surface area (Å²) < 4.78 is 0. The smallest absolute Gasteiger partial charge is 0.217 e. The summed E-state index contributed by atoms with van der Waals surface area (Å²) in [5.41, 5.74) is 5.14. The molecule has 2 N–H and O–H groups in total. The monoisotopic (exact) mass is 393 g/mol. The Kier molecular flexibility index (Phi) is 23.6. The van der Waals surface area contributed by atoms with Crippen LogP contribution in [-0.4, -0.2) is 5.91 Å². The minimum absolute atomic E-state index is 0.154. The molecule has 0 aliphatic carbocycles. The topological polar surface area (TPSA) is 43.1 Å². The maximum atomic E-state index is 10.6. The molecule has 0 saturated heterocycles. The molecule has 0 spiro atoms. The lowest BCUT2D eigenvalue weighted by molar-refractivity contribution is -0.118. The Labute approximate surface area is 177 Å². The second-order valence-electron chi connectivity index (χ2n) is 8.63. The van der Waals surface area contributed by atoms with Gasteiger partial charge in [-0.2, -0.15) is 0 Å². The molecule has 0 heterocycles. The summed E-state index contributed by atoms with van der Waals surface area (Å²) >= 11 is 0. The molecule has 0 atom stereocenters. The number of carbonyl (C=O) groups is 1. The Morgan fingerprint density at radius 1 is 0.536 bits per heavy atom. The minimum atomic E-state index is -0.154. The van der Waals surface area contributed by atoms with Gasteiger partial charge in [-0.15, -0.1) is 0 Å². The molecule has 28 heavy (non-hydrogen) atoms. The van der Waals surface area contributed by atoms with Crippen LogP contribution in [-0.2, 0) is 4.79 Å². The molecule has 0 unspecified atom stereocenters. The molecule has 2 nitrogen and oxygen atoms in total. The van der Waals surface area contributed by atoms with Crippen LogP contribution in [0, 0.1) is 0 Å². The molecular weight excluding hydrogens is 342 g/mol. The van der Waals surface area contributed by atoms with E-state index in [4.69, 9.17) is 5.73 Å². The second-order valence-corrected chi connectivity index (χ2v) is 8.63. The van der Waals surface area contributed by atoms with Crippen LogP contribution in [0.15, 0.2) is 12.2 Å². The fourth-order valence-electron chi connectivity index (χ4n) is 3.78. The Morgan fingerprint density at radius 3 is 1.21 bits per heavy atom. The molecule has 0 rings (SSSR count). The first-order valence-electron chi connectivity index (χ1n) is 12.7.